The molecular formula is C26H30O2. The van der Waals surface area contributed by atoms with Crippen molar-refractivity contribution in [2.24, 2.45) is 5.41 Å². The van der Waals surface area contributed by atoms with Crippen LogP contribution < -0.4 is 0 Å². The van der Waals surface area contributed by atoms with E-state index in [1.165, 1.54) is 16.7 Å². The van der Waals surface area contributed by atoms with Crippen LogP contribution in [0.3, 0.4) is 0 Å². The van der Waals surface area contributed by atoms with E-state index in [0.717, 1.165) is 50.5 Å². The Hall–Kier alpha value is -2.06. The molecule has 1 fully saturated rings. The highest BCUT2D eigenvalue weighted by atomic mass is 16.3. The molecule has 5 rings (SSSR count). The normalized spacial score (nSPS) is 31.3. The SMILES string of the molecule is Cc1c(O)ccc2c1CCC1=C3C[C@@H](O)C[C@@]3(Cc3ccccc3)CC[C@@]12C. The second-order valence-electron chi connectivity index (χ2n) is 9.53. The molecule has 28 heavy (non-hydrogen) atoms. The van der Waals surface area contributed by atoms with Crippen molar-refractivity contribution in [2.45, 2.75) is 70.3 Å². The van der Waals surface area contributed by atoms with Crippen molar-refractivity contribution in [1.29, 1.82) is 0 Å². The summed E-state index contributed by atoms with van der Waals surface area (Å²) in [4.78, 5) is 0. The zero-order chi connectivity index (χ0) is 19.5. The van der Waals surface area contributed by atoms with Gasteiger partial charge in [-0.2, -0.15) is 0 Å². The summed E-state index contributed by atoms with van der Waals surface area (Å²) in [6.45, 7) is 4.46. The minimum atomic E-state index is -0.212. The lowest BCUT2D eigenvalue weighted by Crippen LogP contribution is -2.40. The van der Waals surface area contributed by atoms with Crippen LogP contribution in [-0.4, -0.2) is 16.3 Å². The molecule has 0 unspecified atom stereocenters. The molecule has 0 amide bonds. The zero-order valence-electron chi connectivity index (χ0n) is 17.0. The van der Waals surface area contributed by atoms with Gasteiger partial charge in [-0.1, -0.05) is 54.5 Å². The van der Waals surface area contributed by atoms with Crippen molar-refractivity contribution in [2.75, 3.05) is 0 Å². The summed E-state index contributed by atoms with van der Waals surface area (Å²) in [5.74, 6) is 0.420. The third-order valence-corrected chi connectivity index (χ3v) is 8.01. The molecule has 3 atom stereocenters. The molecule has 2 aromatic carbocycles. The first-order valence-electron chi connectivity index (χ1n) is 10.7. The minimum absolute atomic E-state index is 0.0472. The first kappa shape index (κ1) is 18.0. The van der Waals surface area contributed by atoms with E-state index in [1.54, 1.807) is 11.1 Å². The van der Waals surface area contributed by atoms with E-state index in [1.807, 2.05) is 6.07 Å². The first-order valence-corrected chi connectivity index (χ1v) is 10.7. The molecule has 2 N–H and O–H groups in total. The highest BCUT2D eigenvalue weighted by molar-refractivity contribution is 5.55. The van der Waals surface area contributed by atoms with Crippen molar-refractivity contribution in [1.82, 2.24) is 0 Å². The van der Waals surface area contributed by atoms with E-state index in [-0.39, 0.29) is 16.9 Å². The van der Waals surface area contributed by atoms with E-state index >= 15 is 0 Å². The molecule has 0 heterocycles. The number of hydrogen-bond donors (Lipinski definition) is 2. The average Bonchev–Trinajstić information content (AvgIpc) is 3.01. The Bertz CT molecular complexity index is 958. The molecule has 0 aliphatic heterocycles. The van der Waals surface area contributed by atoms with Crippen LogP contribution in [0.2, 0.25) is 0 Å². The van der Waals surface area contributed by atoms with E-state index < -0.39 is 0 Å². The first-order chi connectivity index (χ1) is 13.4. The van der Waals surface area contributed by atoms with Gasteiger partial charge in [0.2, 0.25) is 0 Å². The number of hydrogen-bond acceptors (Lipinski definition) is 2. The second-order valence-corrected chi connectivity index (χ2v) is 9.53. The Morgan fingerprint density at radius 2 is 1.79 bits per heavy atom. The Balaban J connectivity index is 1.64. The summed E-state index contributed by atoms with van der Waals surface area (Å²) >= 11 is 0. The van der Waals surface area contributed by atoms with Gasteiger partial charge in [0.25, 0.3) is 0 Å². The largest absolute Gasteiger partial charge is 0.508 e. The van der Waals surface area contributed by atoms with E-state index in [2.05, 4.69) is 50.2 Å². The predicted molar refractivity (Wildman–Crippen MR) is 113 cm³/mol. The summed E-state index contributed by atoms with van der Waals surface area (Å²) in [6.07, 6.45) is 6.89. The van der Waals surface area contributed by atoms with Crippen molar-refractivity contribution in [3.05, 3.63) is 75.9 Å². The summed E-state index contributed by atoms with van der Waals surface area (Å²) in [7, 11) is 0. The van der Waals surface area contributed by atoms with Crippen LogP contribution in [-0.2, 0) is 18.3 Å². The third-order valence-electron chi connectivity index (χ3n) is 8.01. The van der Waals surface area contributed by atoms with Crippen LogP contribution in [0.1, 0.15) is 61.3 Å². The van der Waals surface area contributed by atoms with Crippen LogP contribution in [0.4, 0.5) is 0 Å². The van der Waals surface area contributed by atoms with E-state index in [9.17, 15) is 10.2 Å². The van der Waals surface area contributed by atoms with Crippen molar-refractivity contribution in [3.63, 3.8) is 0 Å². The highest BCUT2D eigenvalue weighted by Crippen LogP contribution is 2.61. The molecule has 2 aromatic rings. The fraction of sp³-hybridized carbons (Fsp3) is 0.462. The summed E-state index contributed by atoms with van der Waals surface area (Å²) in [6, 6.07) is 14.8. The van der Waals surface area contributed by atoms with Crippen LogP contribution in [0.25, 0.3) is 0 Å². The Kier molecular flexibility index (Phi) is 4.00. The minimum Gasteiger partial charge on any atom is -0.508 e. The van der Waals surface area contributed by atoms with Gasteiger partial charge in [-0.15, -0.1) is 0 Å². The number of aromatic hydroxyl groups is 1. The number of benzene rings is 2. The van der Waals surface area contributed by atoms with Gasteiger partial charge in [-0.25, -0.2) is 0 Å². The highest BCUT2D eigenvalue weighted by Gasteiger charge is 2.52. The molecule has 0 saturated heterocycles. The number of aliphatic hydroxyl groups excluding tert-OH is 1. The molecule has 3 aliphatic rings. The monoisotopic (exact) mass is 374 g/mol. The number of aliphatic hydroxyl groups is 1. The van der Waals surface area contributed by atoms with Crippen LogP contribution >= 0.6 is 0 Å². The number of rotatable bonds is 2. The number of fused-ring (bicyclic) bond motifs is 4. The number of allylic oxidation sites excluding steroid dienone is 1. The summed E-state index contributed by atoms with van der Waals surface area (Å²) in [5, 5.41) is 20.9. The lowest BCUT2D eigenvalue weighted by Gasteiger charge is -2.49. The van der Waals surface area contributed by atoms with Crippen molar-refractivity contribution < 1.29 is 10.2 Å². The summed E-state index contributed by atoms with van der Waals surface area (Å²) in [5.41, 5.74) is 8.50. The molecule has 2 heteroatoms. The maximum atomic E-state index is 10.7. The predicted octanol–water partition coefficient (Wildman–Crippen LogP) is 5.38. The standard InChI is InChI=1S/C26H30O2/c1-17-20-8-9-22-23-14-19(27)16-26(23,15-18-6-4-3-5-7-18)13-12-25(22,2)21(20)10-11-24(17)28/h3-7,10-11,19,27-28H,8-9,12-16H2,1-2H3/t19-,25-,26+/m1/s1. The average molecular weight is 375 g/mol. The third kappa shape index (κ3) is 2.50. The Morgan fingerprint density at radius 1 is 1.00 bits per heavy atom. The van der Waals surface area contributed by atoms with Gasteiger partial charge in [0.1, 0.15) is 5.75 Å². The smallest absolute Gasteiger partial charge is 0.118 e. The molecule has 146 valence electrons. The molecule has 3 aliphatic carbocycles. The van der Waals surface area contributed by atoms with Crippen molar-refractivity contribution in [3.8, 4) is 5.75 Å². The van der Waals surface area contributed by atoms with Gasteiger partial charge in [-0.05, 0) is 85.6 Å². The molecule has 2 nitrogen and oxygen atoms in total. The zero-order valence-corrected chi connectivity index (χ0v) is 17.0. The van der Waals surface area contributed by atoms with Crippen LogP contribution in [0.5, 0.6) is 5.75 Å². The number of phenolic OH excluding ortho intramolecular Hbond substituents is 1. The van der Waals surface area contributed by atoms with Gasteiger partial charge in [0.15, 0.2) is 0 Å². The maximum Gasteiger partial charge on any atom is 0.118 e. The Labute approximate surface area is 167 Å². The van der Waals surface area contributed by atoms with Gasteiger partial charge in [-0.3, -0.25) is 0 Å². The molecule has 0 spiro atoms. The lowest BCUT2D eigenvalue weighted by atomic mass is 9.55. The fourth-order valence-corrected chi connectivity index (χ4v) is 6.58. The second kappa shape index (κ2) is 6.22. The van der Waals surface area contributed by atoms with E-state index in [4.69, 9.17) is 0 Å². The van der Waals surface area contributed by atoms with Gasteiger partial charge >= 0.3 is 0 Å². The lowest BCUT2D eigenvalue weighted by molar-refractivity contribution is 0.149. The molecule has 0 radical (unpaired) electrons. The fourth-order valence-electron chi connectivity index (χ4n) is 6.58. The maximum absolute atomic E-state index is 10.7. The quantitative estimate of drug-likeness (QED) is 0.693. The van der Waals surface area contributed by atoms with Gasteiger partial charge in [0, 0.05) is 5.41 Å². The van der Waals surface area contributed by atoms with Crippen molar-refractivity contribution >= 4 is 0 Å². The van der Waals surface area contributed by atoms with E-state index in [0.29, 0.717) is 5.75 Å². The molecule has 0 aromatic heterocycles. The molecule has 1 saturated carbocycles. The molecular weight excluding hydrogens is 344 g/mol. The topological polar surface area (TPSA) is 40.5 Å². The summed E-state index contributed by atoms with van der Waals surface area (Å²) < 4.78 is 0. The van der Waals surface area contributed by atoms with Gasteiger partial charge < -0.3 is 10.2 Å². The number of phenols is 1. The van der Waals surface area contributed by atoms with Crippen LogP contribution in [0.15, 0.2) is 53.6 Å². The molecule has 0 bridgehead atoms. The Morgan fingerprint density at radius 3 is 2.57 bits per heavy atom. The van der Waals surface area contributed by atoms with Crippen LogP contribution in [0, 0.1) is 12.3 Å². The van der Waals surface area contributed by atoms with Gasteiger partial charge in [0.05, 0.1) is 6.10 Å².